The van der Waals surface area contributed by atoms with Crippen LogP contribution in [0.15, 0.2) is 24.3 Å². The number of halogens is 1. The van der Waals surface area contributed by atoms with Gasteiger partial charge in [-0.15, -0.1) is 0 Å². The number of nitrogens with one attached hydrogen (secondary N) is 1. The fraction of sp³-hybridized carbons (Fsp3) is 0.562. The molecule has 1 rings (SSSR count). The molecular weight excluding hydrogens is 255 g/mol. The number of hydrogen-bond acceptors (Lipinski definition) is 2. The molecule has 0 fully saturated rings. The molecule has 0 radical (unpaired) electrons. The van der Waals surface area contributed by atoms with E-state index in [4.69, 9.17) is 0 Å². The fourth-order valence-corrected chi connectivity index (χ4v) is 2.12. The SMILES string of the molecule is CCN(CC(=O)NC(C)(C)C)C(C)c1ccc(F)cc1. The summed E-state index contributed by atoms with van der Waals surface area (Å²) in [6.45, 7) is 11.0. The largest absolute Gasteiger partial charge is 0.350 e. The van der Waals surface area contributed by atoms with Gasteiger partial charge in [0.25, 0.3) is 0 Å². The summed E-state index contributed by atoms with van der Waals surface area (Å²) >= 11 is 0. The molecule has 0 aliphatic rings. The quantitative estimate of drug-likeness (QED) is 0.898. The second kappa shape index (κ2) is 6.84. The van der Waals surface area contributed by atoms with Gasteiger partial charge in [0.05, 0.1) is 6.54 Å². The van der Waals surface area contributed by atoms with Gasteiger partial charge >= 0.3 is 0 Å². The second-order valence-corrected chi connectivity index (χ2v) is 6.09. The minimum atomic E-state index is -0.241. The summed E-state index contributed by atoms with van der Waals surface area (Å²) in [6, 6.07) is 6.52. The Labute approximate surface area is 121 Å². The topological polar surface area (TPSA) is 32.3 Å². The molecule has 1 N–H and O–H groups in total. The van der Waals surface area contributed by atoms with Gasteiger partial charge in [-0.1, -0.05) is 19.1 Å². The van der Waals surface area contributed by atoms with Crippen LogP contribution in [-0.2, 0) is 4.79 Å². The Bertz CT molecular complexity index is 437. The van der Waals surface area contributed by atoms with E-state index in [0.29, 0.717) is 6.54 Å². The van der Waals surface area contributed by atoms with Crippen LogP contribution in [0.2, 0.25) is 0 Å². The summed E-state index contributed by atoms with van der Waals surface area (Å²) in [7, 11) is 0. The number of likely N-dealkylation sites (N-methyl/N-ethyl adjacent to an activating group) is 1. The molecule has 0 spiro atoms. The lowest BCUT2D eigenvalue weighted by Crippen LogP contribution is -2.46. The molecular formula is C16H25FN2O. The summed E-state index contributed by atoms with van der Waals surface area (Å²) in [6.07, 6.45) is 0. The first-order valence-corrected chi connectivity index (χ1v) is 7.03. The highest BCUT2D eigenvalue weighted by atomic mass is 19.1. The van der Waals surface area contributed by atoms with Crippen molar-refractivity contribution >= 4 is 5.91 Å². The van der Waals surface area contributed by atoms with Crippen LogP contribution >= 0.6 is 0 Å². The first-order chi connectivity index (χ1) is 9.23. The van der Waals surface area contributed by atoms with Crippen LogP contribution in [0.3, 0.4) is 0 Å². The molecule has 3 nitrogen and oxygen atoms in total. The van der Waals surface area contributed by atoms with Crippen LogP contribution in [0.4, 0.5) is 4.39 Å². The van der Waals surface area contributed by atoms with Gasteiger partial charge in [0.1, 0.15) is 5.82 Å². The monoisotopic (exact) mass is 280 g/mol. The summed E-state index contributed by atoms with van der Waals surface area (Å²) in [4.78, 5) is 14.1. The smallest absolute Gasteiger partial charge is 0.234 e. The van der Waals surface area contributed by atoms with Crippen LogP contribution in [0, 0.1) is 5.82 Å². The predicted molar refractivity (Wildman–Crippen MR) is 80.0 cm³/mol. The van der Waals surface area contributed by atoms with Crippen molar-refractivity contribution in [2.24, 2.45) is 0 Å². The van der Waals surface area contributed by atoms with Gasteiger partial charge in [0.15, 0.2) is 0 Å². The van der Waals surface area contributed by atoms with Crippen molar-refractivity contribution in [2.45, 2.75) is 46.2 Å². The predicted octanol–water partition coefficient (Wildman–Crippen LogP) is 3.12. The van der Waals surface area contributed by atoms with E-state index in [9.17, 15) is 9.18 Å². The van der Waals surface area contributed by atoms with E-state index in [1.807, 2.05) is 34.6 Å². The number of benzene rings is 1. The lowest BCUT2D eigenvalue weighted by atomic mass is 10.1. The van der Waals surface area contributed by atoms with Gasteiger partial charge in [0.2, 0.25) is 5.91 Å². The van der Waals surface area contributed by atoms with Crippen LogP contribution < -0.4 is 5.32 Å². The molecule has 1 aromatic rings. The zero-order valence-corrected chi connectivity index (χ0v) is 13.0. The molecule has 0 heterocycles. The van der Waals surface area contributed by atoms with Crippen LogP contribution in [0.25, 0.3) is 0 Å². The molecule has 0 bridgehead atoms. The van der Waals surface area contributed by atoms with Crippen molar-refractivity contribution < 1.29 is 9.18 Å². The second-order valence-electron chi connectivity index (χ2n) is 6.09. The Balaban J connectivity index is 2.70. The first-order valence-electron chi connectivity index (χ1n) is 7.03. The molecule has 112 valence electrons. The van der Waals surface area contributed by atoms with Gasteiger partial charge in [0, 0.05) is 11.6 Å². The summed E-state index contributed by atoms with van der Waals surface area (Å²) in [5, 5.41) is 2.96. The summed E-state index contributed by atoms with van der Waals surface area (Å²) in [5.41, 5.74) is 0.784. The number of nitrogens with zero attached hydrogens (tertiary/aromatic N) is 1. The lowest BCUT2D eigenvalue weighted by Gasteiger charge is -2.29. The van der Waals surface area contributed by atoms with Gasteiger partial charge < -0.3 is 5.32 Å². The molecule has 4 heteroatoms. The Morgan fingerprint density at radius 3 is 2.30 bits per heavy atom. The van der Waals surface area contributed by atoms with Gasteiger partial charge in [-0.3, -0.25) is 9.69 Å². The Morgan fingerprint density at radius 1 is 1.30 bits per heavy atom. The maximum atomic E-state index is 13.0. The van der Waals surface area contributed by atoms with E-state index in [1.165, 1.54) is 12.1 Å². The van der Waals surface area contributed by atoms with E-state index < -0.39 is 0 Å². The number of hydrogen-bond donors (Lipinski definition) is 1. The summed E-state index contributed by atoms with van der Waals surface area (Å²) in [5.74, 6) is -0.234. The zero-order chi connectivity index (χ0) is 15.3. The third-order valence-corrected chi connectivity index (χ3v) is 3.17. The highest BCUT2D eigenvalue weighted by Gasteiger charge is 2.20. The normalized spacial score (nSPS) is 13.3. The molecule has 0 saturated carbocycles. The van der Waals surface area contributed by atoms with E-state index >= 15 is 0 Å². The minimum Gasteiger partial charge on any atom is -0.350 e. The average molecular weight is 280 g/mol. The van der Waals surface area contributed by atoms with Crippen LogP contribution in [0.1, 0.15) is 46.2 Å². The molecule has 1 aromatic carbocycles. The van der Waals surface area contributed by atoms with E-state index in [0.717, 1.165) is 12.1 Å². The fourth-order valence-electron chi connectivity index (χ4n) is 2.12. The standard InChI is InChI=1S/C16H25FN2O/c1-6-19(11-15(20)18-16(3,4)5)12(2)13-7-9-14(17)10-8-13/h7-10,12H,6,11H2,1-5H3,(H,18,20). The molecule has 1 amide bonds. The third kappa shape index (κ3) is 5.29. The maximum absolute atomic E-state index is 13.0. The van der Waals surface area contributed by atoms with Crippen molar-refractivity contribution in [3.63, 3.8) is 0 Å². The Morgan fingerprint density at radius 2 is 1.85 bits per heavy atom. The van der Waals surface area contributed by atoms with E-state index in [-0.39, 0.29) is 23.3 Å². The third-order valence-electron chi connectivity index (χ3n) is 3.17. The summed E-state index contributed by atoms with van der Waals surface area (Å²) < 4.78 is 13.0. The van der Waals surface area contributed by atoms with Crippen molar-refractivity contribution in [1.29, 1.82) is 0 Å². The maximum Gasteiger partial charge on any atom is 0.234 e. The first kappa shape index (κ1) is 16.6. The van der Waals surface area contributed by atoms with Crippen LogP contribution in [0.5, 0.6) is 0 Å². The number of amides is 1. The molecule has 0 aliphatic carbocycles. The van der Waals surface area contributed by atoms with Crippen molar-refractivity contribution in [3.05, 3.63) is 35.6 Å². The molecule has 20 heavy (non-hydrogen) atoms. The average Bonchev–Trinajstić information content (AvgIpc) is 2.34. The molecule has 1 atom stereocenters. The van der Waals surface area contributed by atoms with Gasteiger partial charge in [-0.25, -0.2) is 4.39 Å². The minimum absolute atomic E-state index is 0.00770. The van der Waals surface area contributed by atoms with E-state index in [2.05, 4.69) is 10.2 Å². The molecule has 0 saturated heterocycles. The molecule has 0 aliphatic heterocycles. The number of carbonyl (C=O) groups is 1. The Hall–Kier alpha value is -1.42. The highest BCUT2D eigenvalue weighted by Crippen LogP contribution is 2.20. The van der Waals surface area contributed by atoms with Crippen molar-refractivity contribution in [3.8, 4) is 0 Å². The van der Waals surface area contributed by atoms with Gasteiger partial charge in [-0.2, -0.15) is 0 Å². The Kier molecular flexibility index (Phi) is 5.69. The lowest BCUT2D eigenvalue weighted by molar-refractivity contribution is -0.124. The van der Waals surface area contributed by atoms with Crippen molar-refractivity contribution in [2.75, 3.05) is 13.1 Å². The number of rotatable bonds is 5. The van der Waals surface area contributed by atoms with E-state index in [1.54, 1.807) is 12.1 Å². The van der Waals surface area contributed by atoms with Crippen molar-refractivity contribution in [1.82, 2.24) is 10.2 Å². The van der Waals surface area contributed by atoms with Crippen LogP contribution in [-0.4, -0.2) is 29.4 Å². The molecule has 0 aromatic heterocycles. The molecule has 1 unspecified atom stereocenters. The zero-order valence-electron chi connectivity index (χ0n) is 13.0. The number of carbonyl (C=O) groups excluding carboxylic acids is 1. The van der Waals surface area contributed by atoms with Gasteiger partial charge in [-0.05, 0) is 51.9 Å². The highest BCUT2D eigenvalue weighted by molar-refractivity contribution is 5.78.